The van der Waals surface area contributed by atoms with E-state index in [9.17, 15) is 26.3 Å². The van der Waals surface area contributed by atoms with E-state index in [0.717, 1.165) is 0 Å². The van der Waals surface area contributed by atoms with Gasteiger partial charge in [0, 0.05) is 5.56 Å². The van der Waals surface area contributed by atoms with Crippen LogP contribution in [0.3, 0.4) is 0 Å². The molecule has 0 unspecified atom stereocenters. The molecule has 0 atom stereocenters. The summed E-state index contributed by atoms with van der Waals surface area (Å²) < 4.78 is 74.3. The number of alkyl halides is 6. The molecule has 1 aromatic carbocycles. The van der Waals surface area contributed by atoms with Crippen LogP contribution in [0.2, 0.25) is 0 Å². The lowest BCUT2D eigenvalue weighted by atomic mass is 10.0. The van der Waals surface area contributed by atoms with Crippen molar-refractivity contribution in [3.8, 4) is 0 Å². The first-order valence-corrected chi connectivity index (χ1v) is 4.54. The van der Waals surface area contributed by atoms with Crippen molar-refractivity contribution in [1.29, 1.82) is 0 Å². The second-order valence-corrected chi connectivity index (χ2v) is 3.41. The van der Waals surface area contributed by atoms with Crippen molar-refractivity contribution >= 4 is 0 Å². The van der Waals surface area contributed by atoms with Crippen LogP contribution in [0.25, 0.3) is 0 Å². The summed E-state index contributed by atoms with van der Waals surface area (Å²) >= 11 is 0. The Morgan fingerprint density at radius 1 is 0.882 bits per heavy atom. The highest BCUT2D eigenvalue weighted by atomic mass is 19.4. The quantitative estimate of drug-likeness (QED) is 0.619. The molecular formula is C10H9F6N. The van der Waals surface area contributed by atoms with Crippen LogP contribution in [0.1, 0.15) is 16.7 Å². The Balaban J connectivity index is 3.29. The molecule has 0 aliphatic rings. The number of hydrogen-bond acceptors (Lipinski definition) is 0. The minimum Gasteiger partial charge on any atom is -0.475 e. The van der Waals surface area contributed by atoms with E-state index < -0.39 is 23.5 Å². The van der Waals surface area contributed by atoms with Crippen LogP contribution in [0.15, 0.2) is 18.2 Å². The Morgan fingerprint density at radius 3 is 1.59 bits per heavy atom. The van der Waals surface area contributed by atoms with Gasteiger partial charge in [0.25, 0.3) is 0 Å². The maximum absolute atomic E-state index is 12.4. The van der Waals surface area contributed by atoms with Crippen molar-refractivity contribution in [2.24, 2.45) is 0 Å². The van der Waals surface area contributed by atoms with Crippen molar-refractivity contribution in [2.75, 3.05) is 0 Å². The highest BCUT2D eigenvalue weighted by molar-refractivity contribution is 5.33. The molecule has 0 aliphatic carbocycles. The van der Waals surface area contributed by atoms with Gasteiger partial charge >= 0.3 is 12.4 Å². The van der Waals surface area contributed by atoms with E-state index in [-0.39, 0.29) is 18.2 Å². The number of halogens is 6. The number of hydrogen-bond donors (Lipinski definition) is 1. The molecule has 0 amide bonds. The van der Waals surface area contributed by atoms with E-state index in [1.54, 1.807) is 0 Å². The Labute approximate surface area is 93.4 Å². The predicted molar refractivity (Wildman–Crippen MR) is 47.4 cm³/mol. The average Bonchev–Trinajstić information content (AvgIpc) is 2.15. The highest BCUT2D eigenvalue weighted by Gasteiger charge is 2.36. The van der Waals surface area contributed by atoms with Gasteiger partial charge < -0.3 is 5.32 Å². The van der Waals surface area contributed by atoms with E-state index >= 15 is 0 Å². The summed E-state index contributed by atoms with van der Waals surface area (Å²) in [5.74, 6) is 0. The zero-order valence-electron chi connectivity index (χ0n) is 8.49. The fourth-order valence-corrected chi connectivity index (χ4v) is 1.30. The largest absolute Gasteiger partial charge is 0.475 e. The Bertz CT molecular complexity index is 361. The van der Waals surface area contributed by atoms with Crippen LogP contribution < -0.4 is 5.32 Å². The molecule has 1 nitrogen and oxygen atoms in total. The van der Waals surface area contributed by atoms with Gasteiger partial charge in [-0.15, -0.1) is 0 Å². The molecule has 0 saturated heterocycles. The number of benzene rings is 1. The van der Waals surface area contributed by atoms with E-state index in [0.29, 0.717) is 12.1 Å². The summed E-state index contributed by atoms with van der Waals surface area (Å²) in [6, 6.07) is 1.49. The Morgan fingerprint density at radius 2 is 1.29 bits per heavy atom. The lowest BCUT2D eigenvalue weighted by Crippen LogP contribution is -2.74. The minimum absolute atomic E-state index is 0.0486. The van der Waals surface area contributed by atoms with Crippen molar-refractivity contribution < 1.29 is 31.7 Å². The van der Waals surface area contributed by atoms with Crippen molar-refractivity contribution in [2.45, 2.75) is 18.9 Å². The van der Waals surface area contributed by atoms with Crippen LogP contribution in [-0.2, 0) is 18.9 Å². The van der Waals surface area contributed by atoms with Crippen molar-refractivity contribution in [3.05, 3.63) is 41.9 Å². The van der Waals surface area contributed by atoms with Gasteiger partial charge in [-0.2, -0.15) is 33.4 Å². The molecule has 0 spiro atoms. The molecule has 0 aromatic heterocycles. The molecule has 1 rings (SSSR count). The molecule has 7 heteroatoms. The van der Waals surface area contributed by atoms with Gasteiger partial charge in [0.1, 0.15) is 0 Å². The van der Waals surface area contributed by atoms with E-state index in [1.165, 1.54) is 5.32 Å². The van der Waals surface area contributed by atoms with Gasteiger partial charge in [0.15, 0.2) is 0 Å². The Kier molecular flexibility index (Phi) is 3.71. The molecule has 0 fully saturated rings. The van der Waals surface area contributed by atoms with Crippen LogP contribution in [0, 0.1) is 7.05 Å². The van der Waals surface area contributed by atoms with Crippen LogP contribution in [-0.4, -0.2) is 0 Å². The van der Waals surface area contributed by atoms with Crippen LogP contribution >= 0.6 is 0 Å². The van der Waals surface area contributed by atoms with Gasteiger partial charge in [0.2, 0.25) is 0 Å². The monoisotopic (exact) mass is 257 g/mol. The normalized spacial score (nSPS) is 12.9. The number of rotatable bonds is 2. The topological polar surface area (TPSA) is 16.6 Å². The zero-order chi connectivity index (χ0) is 13.3. The molecular weight excluding hydrogens is 248 g/mol. The molecule has 0 heterocycles. The van der Waals surface area contributed by atoms with Crippen LogP contribution in [0.5, 0.6) is 0 Å². The fraction of sp³-hybridized carbons (Fsp3) is 0.300. The molecule has 0 bridgehead atoms. The smallest absolute Gasteiger partial charge is 0.416 e. The van der Waals surface area contributed by atoms with Gasteiger partial charge in [-0.3, -0.25) is 0 Å². The summed E-state index contributed by atoms with van der Waals surface area (Å²) in [4.78, 5) is 0. The van der Waals surface area contributed by atoms with E-state index in [4.69, 9.17) is 0 Å². The maximum Gasteiger partial charge on any atom is 0.416 e. The zero-order valence-corrected chi connectivity index (χ0v) is 8.49. The van der Waals surface area contributed by atoms with Crippen LogP contribution in [0.4, 0.5) is 26.3 Å². The number of nitrogens with two attached hydrogens (primary N) is 1. The summed E-state index contributed by atoms with van der Waals surface area (Å²) in [5.41, 5.74) is -2.67. The van der Waals surface area contributed by atoms with Gasteiger partial charge in [-0.1, -0.05) is 0 Å². The molecule has 2 N–H and O–H groups in total. The van der Waals surface area contributed by atoms with E-state index in [1.807, 2.05) is 0 Å². The van der Waals surface area contributed by atoms with Gasteiger partial charge in [-0.05, 0) is 18.2 Å². The van der Waals surface area contributed by atoms with E-state index in [2.05, 4.69) is 7.05 Å². The molecule has 0 radical (unpaired) electrons. The first kappa shape index (κ1) is 13.8. The minimum atomic E-state index is -4.79. The molecule has 0 saturated carbocycles. The lowest BCUT2D eigenvalue weighted by molar-refractivity contribution is -0.612. The third-order valence-electron chi connectivity index (χ3n) is 2.03. The van der Waals surface area contributed by atoms with Gasteiger partial charge in [-0.25, -0.2) is 0 Å². The highest BCUT2D eigenvalue weighted by Crippen LogP contribution is 2.36. The molecule has 17 heavy (non-hydrogen) atoms. The fourth-order valence-electron chi connectivity index (χ4n) is 1.30. The van der Waals surface area contributed by atoms with Crippen molar-refractivity contribution in [3.63, 3.8) is 0 Å². The summed E-state index contributed by atoms with van der Waals surface area (Å²) in [6.45, 7) is -0.0486. The third-order valence-corrected chi connectivity index (χ3v) is 2.03. The maximum atomic E-state index is 12.4. The number of quaternary nitrogens is 1. The summed E-state index contributed by atoms with van der Waals surface area (Å²) in [7, 11) is 3.28. The second-order valence-electron chi connectivity index (χ2n) is 3.41. The SMILES string of the molecule is [CH2-][NH2+]Cc1cc(C(F)(F)F)cc(C(F)(F)F)c1. The van der Waals surface area contributed by atoms with Gasteiger partial charge in [0.05, 0.1) is 17.7 Å². The van der Waals surface area contributed by atoms with Crippen molar-refractivity contribution in [1.82, 2.24) is 0 Å². The molecule has 0 aliphatic heterocycles. The third kappa shape index (κ3) is 3.62. The molecule has 96 valence electrons. The second kappa shape index (κ2) is 4.56. The Hall–Kier alpha value is -1.24. The first-order chi connectivity index (χ1) is 7.64. The first-order valence-electron chi connectivity index (χ1n) is 4.54. The summed E-state index contributed by atoms with van der Waals surface area (Å²) in [5, 5.41) is 1.25. The summed E-state index contributed by atoms with van der Waals surface area (Å²) in [6.07, 6.45) is -9.59. The average molecular weight is 257 g/mol. The standard InChI is InChI=1S/C10H9F6N/c1-17-5-6-2-7(9(11,12)13)4-8(3-6)10(14,15)16/h2-4H,1,5,17H2. The molecule has 1 aromatic rings. The lowest BCUT2D eigenvalue weighted by Gasteiger charge is -2.13. The predicted octanol–water partition coefficient (Wildman–Crippen LogP) is 2.58.